The fraction of sp³-hybridized carbons (Fsp3) is 0.318. The number of nitrogens with zero attached hydrogens (tertiary/aromatic N) is 3. The normalized spacial score (nSPS) is 18.3. The highest BCUT2D eigenvalue weighted by Crippen LogP contribution is 2.30. The van der Waals surface area contributed by atoms with Gasteiger partial charge in [0.1, 0.15) is 6.04 Å². The Bertz CT molecular complexity index is 910. The van der Waals surface area contributed by atoms with Crippen LogP contribution in [0, 0.1) is 0 Å². The van der Waals surface area contributed by atoms with Gasteiger partial charge in [0.05, 0.1) is 0 Å². The van der Waals surface area contributed by atoms with Crippen molar-refractivity contribution in [2.75, 3.05) is 31.1 Å². The zero-order valence-electron chi connectivity index (χ0n) is 16.0. The Morgan fingerprint density at radius 2 is 1.52 bits per heavy atom. The Kier molecular flexibility index (Phi) is 5.53. The minimum atomic E-state index is -0.892. The number of imide groups is 1. The Hall–Kier alpha value is -2.86. The molecule has 0 spiro atoms. The van der Waals surface area contributed by atoms with Crippen LogP contribution in [0.15, 0.2) is 54.6 Å². The summed E-state index contributed by atoms with van der Waals surface area (Å²) in [4.78, 5) is 43.2. The average Bonchev–Trinajstić information content (AvgIpc) is 3.07. The van der Waals surface area contributed by atoms with Crippen molar-refractivity contribution in [2.24, 2.45) is 0 Å². The van der Waals surface area contributed by atoms with E-state index in [9.17, 15) is 14.4 Å². The second kappa shape index (κ2) is 8.25. The first kappa shape index (κ1) is 19.5. The summed E-state index contributed by atoms with van der Waals surface area (Å²) in [5, 5.41) is 0.677. The molecule has 2 aliphatic heterocycles. The van der Waals surface area contributed by atoms with Crippen LogP contribution in [0.4, 0.5) is 5.69 Å². The van der Waals surface area contributed by atoms with E-state index in [1.165, 1.54) is 0 Å². The van der Waals surface area contributed by atoms with Gasteiger partial charge in [-0.25, -0.2) is 0 Å². The molecule has 29 heavy (non-hydrogen) atoms. The summed E-state index contributed by atoms with van der Waals surface area (Å²) >= 11 is 6.09. The predicted molar refractivity (Wildman–Crippen MR) is 111 cm³/mol. The smallest absolute Gasteiger partial charge is 0.250 e. The maximum atomic E-state index is 13.4. The molecule has 0 N–H and O–H groups in total. The molecule has 2 fully saturated rings. The van der Waals surface area contributed by atoms with Crippen LogP contribution in [0.3, 0.4) is 0 Å². The van der Waals surface area contributed by atoms with Gasteiger partial charge in [-0.1, -0.05) is 48.0 Å². The first-order valence-electron chi connectivity index (χ1n) is 9.74. The van der Waals surface area contributed by atoms with Crippen molar-refractivity contribution >= 4 is 35.0 Å². The lowest BCUT2D eigenvalue weighted by Crippen LogP contribution is -2.53. The first-order valence-corrected chi connectivity index (χ1v) is 10.1. The van der Waals surface area contributed by atoms with E-state index in [1.807, 2.05) is 42.5 Å². The molecule has 2 aliphatic rings. The first-order chi connectivity index (χ1) is 14.0. The Balaban J connectivity index is 1.53. The van der Waals surface area contributed by atoms with Gasteiger partial charge in [0.15, 0.2) is 0 Å². The average molecular weight is 412 g/mol. The van der Waals surface area contributed by atoms with Crippen LogP contribution < -0.4 is 4.90 Å². The number of likely N-dealkylation sites (tertiary alicyclic amines) is 1. The summed E-state index contributed by atoms with van der Waals surface area (Å²) in [5.74, 6) is -0.768. The molecule has 7 heteroatoms. The lowest BCUT2D eigenvalue weighted by atomic mass is 10.0. The van der Waals surface area contributed by atoms with E-state index < -0.39 is 6.04 Å². The Labute approximate surface area is 174 Å². The SMILES string of the molecule is O=C([C@@H](c1ccccc1)N1C(=O)CCC1=O)N1CCN(c2cccc(Cl)c2)CC1. The summed E-state index contributed by atoms with van der Waals surface area (Å²) < 4.78 is 0. The van der Waals surface area contributed by atoms with Crippen LogP contribution >= 0.6 is 11.6 Å². The number of carbonyl (C=O) groups is 3. The highest BCUT2D eigenvalue weighted by atomic mass is 35.5. The van der Waals surface area contributed by atoms with Gasteiger partial charge >= 0.3 is 0 Å². The standard InChI is InChI=1S/C22H22ClN3O3/c23-17-7-4-8-18(15-17)24-11-13-25(14-12-24)22(29)21(16-5-2-1-3-6-16)26-19(27)9-10-20(26)28/h1-8,15,21H,9-14H2/t21-/m1/s1. The molecule has 2 aromatic carbocycles. The number of rotatable bonds is 4. The molecule has 2 aromatic rings. The van der Waals surface area contributed by atoms with E-state index in [1.54, 1.807) is 17.0 Å². The summed E-state index contributed by atoms with van der Waals surface area (Å²) in [5.41, 5.74) is 1.69. The van der Waals surface area contributed by atoms with E-state index in [4.69, 9.17) is 11.6 Å². The fourth-order valence-electron chi connectivity index (χ4n) is 3.95. The molecule has 3 amide bonds. The highest BCUT2D eigenvalue weighted by Gasteiger charge is 2.41. The molecular formula is C22H22ClN3O3. The minimum Gasteiger partial charge on any atom is -0.368 e. The van der Waals surface area contributed by atoms with Crippen LogP contribution in [0.2, 0.25) is 5.02 Å². The van der Waals surface area contributed by atoms with Gasteiger partial charge < -0.3 is 9.80 Å². The topological polar surface area (TPSA) is 60.9 Å². The van der Waals surface area contributed by atoms with E-state index in [0.29, 0.717) is 36.8 Å². The number of halogens is 1. The molecule has 6 nitrogen and oxygen atoms in total. The highest BCUT2D eigenvalue weighted by molar-refractivity contribution is 6.30. The van der Waals surface area contributed by atoms with Gasteiger partial charge in [-0.2, -0.15) is 0 Å². The molecule has 0 aromatic heterocycles. The minimum absolute atomic E-state index is 0.165. The molecule has 150 valence electrons. The van der Waals surface area contributed by atoms with E-state index in [2.05, 4.69) is 4.90 Å². The number of hydrogen-bond acceptors (Lipinski definition) is 4. The maximum Gasteiger partial charge on any atom is 0.250 e. The van der Waals surface area contributed by atoms with Crippen LogP contribution in [-0.4, -0.2) is 53.7 Å². The number of piperazine rings is 1. The summed E-state index contributed by atoms with van der Waals surface area (Å²) in [6.07, 6.45) is 0.329. The van der Waals surface area contributed by atoms with Gasteiger partial charge in [0.2, 0.25) is 11.8 Å². The van der Waals surface area contributed by atoms with Crippen LogP contribution in [0.1, 0.15) is 24.4 Å². The van der Waals surface area contributed by atoms with Crippen molar-refractivity contribution in [1.29, 1.82) is 0 Å². The molecular weight excluding hydrogens is 390 g/mol. The lowest BCUT2D eigenvalue weighted by molar-refractivity contribution is -0.151. The van der Waals surface area contributed by atoms with Crippen LogP contribution in [-0.2, 0) is 14.4 Å². The monoisotopic (exact) mass is 411 g/mol. The third kappa shape index (κ3) is 3.98. The van der Waals surface area contributed by atoms with Gasteiger partial charge in [-0.3, -0.25) is 19.3 Å². The van der Waals surface area contributed by atoms with E-state index in [0.717, 1.165) is 10.6 Å². The Morgan fingerprint density at radius 3 is 2.14 bits per heavy atom. The second-order valence-electron chi connectivity index (χ2n) is 7.26. The second-order valence-corrected chi connectivity index (χ2v) is 7.70. The maximum absolute atomic E-state index is 13.4. The van der Waals surface area contributed by atoms with Crippen molar-refractivity contribution in [1.82, 2.24) is 9.80 Å². The van der Waals surface area contributed by atoms with Gasteiger partial charge in [0, 0.05) is 49.7 Å². The third-order valence-corrected chi connectivity index (χ3v) is 5.70. The molecule has 2 heterocycles. The van der Waals surface area contributed by atoms with Gasteiger partial charge in [-0.05, 0) is 23.8 Å². The largest absolute Gasteiger partial charge is 0.368 e. The summed E-state index contributed by atoms with van der Waals surface area (Å²) in [6, 6.07) is 15.8. The van der Waals surface area contributed by atoms with Crippen molar-refractivity contribution in [3.05, 3.63) is 65.2 Å². The number of benzene rings is 2. The van der Waals surface area contributed by atoms with Crippen molar-refractivity contribution < 1.29 is 14.4 Å². The summed E-state index contributed by atoms with van der Waals surface area (Å²) in [6.45, 7) is 2.36. The molecule has 0 unspecified atom stereocenters. The van der Waals surface area contributed by atoms with Crippen molar-refractivity contribution in [3.8, 4) is 0 Å². The number of hydrogen-bond donors (Lipinski definition) is 0. The molecule has 4 rings (SSSR count). The molecule has 0 bridgehead atoms. The van der Waals surface area contributed by atoms with Gasteiger partial charge in [-0.15, -0.1) is 0 Å². The lowest BCUT2D eigenvalue weighted by Gasteiger charge is -2.39. The number of amides is 3. The number of carbonyl (C=O) groups excluding carboxylic acids is 3. The Morgan fingerprint density at radius 1 is 0.862 bits per heavy atom. The quantitative estimate of drug-likeness (QED) is 0.726. The van der Waals surface area contributed by atoms with Crippen molar-refractivity contribution in [2.45, 2.75) is 18.9 Å². The van der Waals surface area contributed by atoms with Crippen LogP contribution in [0.5, 0.6) is 0 Å². The summed E-state index contributed by atoms with van der Waals surface area (Å²) in [7, 11) is 0. The molecule has 0 saturated carbocycles. The van der Waals surface area contributed by atoms with E-state index >= 15 is 0 Å². The predicted octanol–water partition coefficient (Wildman–Crippen LogP) is 2.88. The van der Waals surface area contributed by atoms with Crippen LogP contribution in [0.25, 0.3) is 0 Å². The zero-order valence-corrected chi connectivity index (χ0v) is 16.7. The fourth-order valence-corrected chi connectivity index (χ4v) is 4.13. The van der Waals surface area contributed by atoms with Gasteiger partial charge in [0.25, 0.3) is 5.91 Å². The third-order valence-electron chi connectivity index (χ3n) is 5.46. The zero-order chi connectivity index (χ0) is 20.4. The molecule has 0 radical (unpaired) electrons. The number of anilines is 1. The van der Waals surface area contributed by atoms with E-state index in [-0.39, 0.29) is 30.6 Å². The molecule has 2 saturated heterocycles. The molecule has 1 atom stereocenters. The molecule has 0 aliphatic carbocycles. The van der Waals surface area contributed by atoms with Crippen molar-refractivity contribution in [3.63, 3.8) is 0 Å².